The summed E-state index contributed by atoms with van der Waals surface area (Å²) in [6.45, 7) is 11.3. The Hall–Kier alpha value is -8.04. The van der Waals surface area contributed by atoms with Crippen LogP contribution in [0.2, 0.25) is 0 Å². The maximum Gasteiger partial charge on any atom is 0.161 e. The highest BCUT2D eigenvalue weighted by Gasteiger charge is 2.07. The first kappa shape index (κ1) is 51.6. The predicted molar refractivity (Wildman–Crippen MR) is 269 cm³/mol. The second-order valence-corrected chi connectivity index (χ2v) is 15.5. The van der Waals surface area contributed by atoms with Gasteiger partial charge in [0.2, 0.25) is 0 Å². The lowest BCUT2D eigenvalue weighted by Crippen LogP contribution is -1.95. The van der Waals surface area contributed by atoms with Crippen molar-refractivity contribution in [2.24, 2.45) is 0 Å². The van der Waals surface area contributed by atoms with Crippen molar-refractivity contribution in [1.82, 2.24) is 0 Å². The zero-order valence-corrected chi connectivity index (χ0v) is 39.7. The molecule has 0 unspecified atom stereocenters. The predicted octanol–water partition coefficient (Wildman–Crippen LogP) is 13.4. The Morgan fingerprint density at radius 2 is 0.567 bits per heavy atom. The van der Waals surface area contributed by atoms with E-state index in [1.54, 1.807) is 85.4 Å². The first-order chi connectivity index (χ1) is 31.9. The molecule has 0 saturated heterocycles. The number of carbonyl (C=O) groups excluding carboxylic acids is 6. The Morgan fingerprint density at radius 3 is 0.866 bits per heavy atom. The molecule has 9 nitrogen and oxygen atoms in total. The Labute approximate surface area is 392 Å². The molecule has 0 aliphatic rings. The summed E-state index contributed by atoms with van der Waals surface area (Å²) in [4.78, 5) is 66.0. The number of hydrogen-bond acceptors (Lipinski definition) is 9. The van der Waals surface area contributed by atoms with Gasteiger partial charge in [-0.3, -0.25) is 28.8 Å². The number of methoxy groups -OCH3 is 3. The van der Waals surface area contributed by atoms with Crippen LogP contribution in [0.25, 0.3) is 32.3 Å². The summed E-state index contributed by atoms with van der Waals surface area (Å²) in [5.74, 6) is 2.73. The van der Waals surface area contributed by atoms with Gasteiger partial charge in [-0.25, -0.2) is 0 Å². The summed E-state index contributed by atoms with van der Waals surface area (Å²) < 4.78 is 15.6. The van der Waals surface area contributed by atoms with E-state index in [4.69, 9.17) is 14.2 Å². The smallest absolute Gasteiger partial charge is 0.161 e. The highest BCUT2D eigenvalue weighted by molar-refractivity contribution is 6.02. The number of carbonyl (C=O) groups is 6. The maximum atomic E-state index is 11.2. The lowest BCUT2D eigenvalue weighted by molar-refractivity contribution is 0.100. The van der Waals surface area contributed by atoms with Crippen molar-refractivity contribution in [3.63, 3.8) is 0 Å². The van der Waals surface area contributed by atoms with Gasteiger partial charge in [-0.1, -0.05) is 121 Å². The van der Waals surface area contributed by atoms with Crippen LogP contribution in [-0.4, -0.2) is 56.0 Å². The zero-order chi connectivity index (χ0) is 49.2. The molecule has 0 spiro atoms. The first-order valence-corrected chi connectivity index (χ1v) is 21.4. The van der Waals surface area contributed by atoms with Crippen molar-refractivity contribution in [3.05, 3.63) is 197 Å². The first-order valence-electron chi connectivity index (χ1n) is 21.4. The molecule has 8 aromatic rings. The van der Waals surface area contributed by atoms with E-state index in [2.05, 4.69) is 12.1 Å². The average molecular weight is 897 g/mol. The minimum atomic E-state index is 0.0186. The van der Waals surface area contributed by atoms with Crippen LogP contribution in [0.15, 0.2) is 158 Å². The lowest BCUT2D eigenvalue weighted by atomic mass is 10.0. The van der Waals surface area contributed by atoms with Crippen LogP contribution >= 0.6 is 0 Å². The van der Waals surface area contributed by atoms with Crippen LogP contribution in [0.1, 0.15) is 109 Å². The van der Waals surface area contributed by atoms with Gasteiger partial charge >= 0.3 is 0 Å². The summed E-state index contributed by atoms with van der Waals surface area (Å²) in [7, 11) is 4.93. The monoisotopic (exact) mass is 896 g/mol. The molecule has 9 heteroatoms. The third kappa shape index (κ3) is 15.3. The molecule has 0 aromatic heterocycles. The van der Waals surface area contributed by atoms with Crippen molar-refractivity contribution in [1.29, 1.82) is 0 Å². The van der Waals surface area contributed by atoms with E-state index >= 15 is 0 Å². The normalized spacial score (nSPS) is 10.0. The minimum Gasteiger partial charge on any atom is -0.497 e. The van der Waals surface area contributed by atoms with E-state index in [1.807, 2.05) is 116 Å². The molecule has 0 bridgehead atoms. The van der Waals surface area contributed by atoms with Gasteiger partial charge in [-0.05, 0) is 123 Å². The molecule has 0 saturated carbocycles. The highest BCUT2D eigenvalue weighted by atomic mass is 16.5. The maximum absolute atomic E-state index is 11.2. The lowest BCUT2D eigenvalue weighted by Gasteiger charge is -2.08. The molecule has 8 aromatic carbocycles. The number of aryl methyl sites for hydroxylation is 1. The molecule has 8 rings (SSSR count). The summed E-state index contributed by atoms with van der Waals surface area (Å²) in [6.07, 6.45) is 0. The van der Waals surface area contributed by atoms with Gasteiger partial charge < -0.3 is 14.2 Å². The summed E-state index contributed by atoms with van der Waals surface area (Å²) in [5, 5.41) is 6.42. The highest BCUT2D eigenvalue weighted by Crippen LogP contribution is 2.32. The number of rotatable bonds is 9. The van der Waals surface area contributed by atoms with Crippen LogP contribution in [0.3, 0.4) is 0 Å². The van der Waals surface area contributed by atoms with Crippen LogP contribution in [-0.2, 0) is 0 Å². The van der Waals surface area contributed by atoms with Gasteiger partial charge in [0.05, 0.1) is 21.3 Å². The van der Waals surface area contributed by atoms with Crippen LogP contribution in [0, 0.1) is 6.92 Å². The number of benzene rings is 8. The largest absolute Gasteiger partial charge is 0.497 e. The van der Waals surface area contributed by atoms with Crippen molar-refractivity contribution in [2.75, 3.05) is 21.3 Å². The van der Waals surface area contributed by atoms with E-state index in [0.29, 0.717) is 22.3 Å². The molecule has 0 radical (unpaired) electrons. The van der Waals surface area contributed by atoms with Crippen molar-refractivity contribution >= 4 is 67.0 Å². The summed E-state index contributed by atoms with van der Waals surface area (Å²) in [6, 6.07) is 48.8. The fourth-order valence-corrected chi connectivity index (χ4v) is 6.50. The number of ether oxygens (including phenoxy) is 3. The fraction of sp³-hybridized carbons (Fsp3) is 0.172. The quantitative estimate of drug-likeness (QED) is 0.130. The Morgan fingerprint density at radius 1 is 0.299 bits per heavy atom. The standard InChI is InChI=1S/C14H12O2.C13H12O2.C12H12O2.C10H10O2.C9H10O/c1-9(15)11-3-5-14-8-12(10(2)16)4-6-13(14)7-11;1-9(14)10-3-4-12-8-13(15-2)6-5-11(12)7-10;1-13-11-7-9-5-3-4-6-10(9)8-12(11)14-2;1-7(11)9-3-5-10(6-4-9)8(2)12;1-7-3-5-9(6-4-7)8(2)10/h3-8H,1-2H3;3-8H,1-2H3;3-8H,1-2H3;3-6H,1-2H3;3-6H,1-2H3. The Balaban J connectivity index is 0.000000184. The second kappa shape index (κ2) is 24.9. The van der Waals surface area contributed by atoms with Crippen LogP contribution < -0.4 is 14.2 Å². The fourth-order valence-electron chi connectivity index (χ4n) is 6.50. The molecule has 0 aliphatic carbocycles. The van der Waals surface area contributed by atoms with Crippen molar-refractivity contribution in [2.45, 2.75) is 48.5 Å². The molecule has 0 atom stereocenters. The molecular formula is C58H56O9. The van der Waals surface area contributed by atoms with E-state index in [1.165, 1.54) is 19.4 Å². The second-order valence-electron chi connectivity index (χ2n) is 15.5. The topological polar surface area (TPSA) is 130 Å². The molecule has 0 fully saturated rings. The summed E-state index contributed by atoms with van der Waals surface area (Å²) >= 11 is 0. The third-order valence-corrected chi connectivity index (χ3v) is 10.5. The van der Waals surface area contributed by atoms with Crippen molar-refractivity contribution < 1.29 is 43.0 Å². The van der Waals surface area contributed by atoms with Gasteiger partial charge in [0.25, 0.3) is 0 Å². The number of fused-ring (bicyclic) bond motifs is 3. The van der Waals surface area contributed by atoms with E-state index in [0.717, 1.165) is 60.7 Å². The molecule has 0 N–H and O–H groups in total. The molecule has 342 valence electrons. The minimum absolute atomic E-state index is 0.0186. The molecule has 0 aliphatic heterocycles. The van der Waals surface area contributed by atoms with Gasteiger partial charge in [0.15, 0.2) is 46.2 Å². The SMILES string of the molecule is CC(=O)c1ccc(C(C)=O)cc1.CC(=O)c1ccc(C)cc1.CC(=O)c1ccc2cc(C(C)=O)ccc2c1.COc1cc2ccccc2cc1OC.COc1ccc2cc(C(C)=O)ccc2c1. The van der Waals surface area contributed by atoms with Gasteiger partial charge in [0, 0.05) is 33.4 Å². The molecular weight excluding hydrogens is 841 g/mol. The van der Waals surface area contributed by atoms with Gasteiger partial charge in [0.1, 0.15) is 5.75 Å². The molecule has 0 amide bonds. The average Bonchev–Trinajstić information content (AvgIpc) is 3.33. The van der Waals surface area contributed by atoms with Crippen LogP contribution in [0.5, 0.6) is 17.2 Å². The number of hydrogen-bond donors (Lipinski definition) is 0. The van der Waals surface area contributed by atoms with Gasteiger partial charge in [-0.15, -0.1) is 0 Å². The third-order valence-electron chi connectivity index (χ3n) is 10.5. The molecule has 67 heavy (non-hydrogen) atoms. The number of ketones is 6. The summed E-state index contributed by atoms with van der Waals surface area (Å²) in [5.41, 5.74) is 5.38. The van der Waals surface area contributed by atoms with Crippen LogP contribution in [0.4, 0.5) is 0 Å². The zero-order valence-electron chi connectivity index (χ0n) is 39.7. The number of Topliss-reactive ketones (excluding diaryl/α,β-unsaturated/α-hetero) is 6. The molecule has 0 heterocycles. The van der Waals surface area contributed by atoms with E-state index in [-0.39, 0.29) is 34.7 Å². The van der Waals surface area contributed by atoms with Gasteiger partial charge in [-0.2, -0.15) is 0 Å². The Bertz CT molecular complexity index is 2910. The van der Waals surface area contributed by atoms with E-state index < -0.39 is 0 Å². The van der Waals surface area contributed by atoms with Crippen molar-refractivity contribution in [3.8, 4) is 17.2 Å². The van der Waals surface area contributed by atoms with E-state index in [9.17, 15) is 28.8 Å². The Kier molecular flexibility index (Phi) is 19.1.